The predicted molar refractivity (Wildman–Crippen MR) is 434 cm³/mol. The minimum Gasteiger partial charge on any atom is -0.311 e. The maximum atomic E-state index is 2.55. The lowest BCUT2D eigenvalue weighted by Gasteiger charge is -2.44. The fourth-order valence-electron chi connectivity index (χ4n) is 17.6. The molecular formula is C96H62B2N4. The van der Waals surface area contributed by atoms with Crippen LogP contribution >= 0.6 is 0 Å². The molecule has 0 aromatic heterocycles. The molecule has 4 aliphatic rings. The van der Waals surface area contributed by atoms with Crippen molar-refractivity contribution in [2.75, 3.05) is 19.6 Å². The number of benzene rings is 17. The third-order valence-electron chi connectivity index (χ3n) is 21.9. The monoisotopic (exact) mass is 1290 g/mol. The summed E-state index contributed by atoms with van der Waals surface area (Å²) in [6, 6.07) is 141. The lowest BCUT2D eigenvalue weighted by molar-refractivity contribution is 1.25. The van der Waals surface area contributed by atoms with E-state index in [0.717, 1.165) is 78.5 Å². The highest BCUT2D eigenvalue weighted by Gasteiger charge is 2.46. The largest absolute Gasteiger partial charge is 0.311 e. The summed E-state index contributed by atoms with van der Waals surface area (Å²) in [5.41, 5.74) is 33.1. The Kier molecular flexibility index (Phi) is 13.2. The van der Waals surface area contributed by atoms with Crippen LogP contribution in [0.1, 0.15) is 0 Å². The van der Waals surface area contributed by atoms with Crippen LogP contribution in [-0.2, 0) is 0 Å². The van der Waals surface area contributed by atoms with Crippen LogP contribution in [0.2, 0.25) is 0 Å². The molecule has 0 N–H and O–H groups in total. The minimum atomic E-state index is -0.114. The van der Waals surface area contributed by atoms with Crippen molar-refractivity contribution in [3.8, 4) is 55.6 Å². The normalized spacial score (nSPS) is 13.0. The Labute approximate surface area is 594 Å². The molecule has 4 heterocycles. The standard InChI is InChI=1S/C96H62B2N4/c1-6-28-63(29-7-1)66-54-67(69-61-93-95-94(62-69)100(72-32-10-3-11-33-72)88-48-26-23-45-84(88)97(95)83-44-22-25-47-87(83)99(93)71-30-8-2-9-31-71)56-70(55-66)76-39-17-16-38-75(76)65-51-53-90-86(58-65)98-85-46-24-27-49-89(85)101(73-34-12-4-13-35-73)91-59-68(60-92(96(91)98)102(90)74-36-14-5-15-37-74)64-50-52-81-79-42-19-18-40-77(79)78-41-20-21-43-80(78)82(81)57-64/h1-62H. The summed E-state index contributed by atoms with van der Waals surface area (Å²) in [6.45, 7) is -0.108. The Morgan fingerprint density at radius 2 is 0.461 bits per heavy atom. The Morgan fingerprint density at radius 3 is 0.912 bits per heavy atom. The lowest BCUT2D eigenvalue weighted by atomic mass is 9.33. The van der Waals surface area contributed by atoms with E-state index < -0.39 is 0 Å². The number of nitrogens with zero attached hydrogens (tertiary/aromatic N) is 4. The van der Waals surface area contributed by atoms with Crippen molar-refractivity contribution in [1.29, 1.82) is 0 Å². The van der Waals surface area contributed by atoms with Crippen LogP contribution in [0, 0.1) is 0 Å². The highest BCUT2D eigenvalue weighted by molar-refractivity contribution is 7.01. The second kappa shape index (κ2) is 23.2. The zero-order valence-electron chi connectivity index (χ0n) is 55.7. The van der Waals surface area contributed by atoms with Gasteiger partial charge in [-0.05, 0) is 242 Å². The van der Waals surface area contributed by atoms with Crippen molar-refractivity contribution in [3.63, 3.8) is 0 Å². The fraction of sp³-hybridized carbons (Fsp3) is 0. The molecule has 0 unspecified atom stereocenters. The Balaban J connectivity index is 0.771. The summed E-state index contributed by atoms with van der Waals surface area (Å²) in [4.78, 5) is 10.1. The molecule has 0 amide bonds. The first kappa shape index (κ1) is 57.9. The molecule has 102 heavy (non-hydrogen) atoms. The van der Waals surface area contributed by atoms with Gasteiger partial charge in [0.15, 0.2) is 0 Å². The SMILES string of the molecule is c1ccc(-c2cc(-c3cc4c5c(c3)N(c3ccccc3)c3ccccc3B5c3ccccc3N4c3ccccc3)cc(-c3ccccc3-c3ccc4c(c3)B3c5ccccc5N(c5ccccc5)c5cc(-c6ccc7c8ccccc8c8ccccc8c7c6)cc(c53)N4c3ccccc3)c2)cc1. The van der Waals surface area contributed by atoms with Crippen LogP contribution in [0.5, 0.6) is 0 Å². The molecule has 472 valence electrons. The van der Waals surface area contributed by atoms with Crippen LogP contribution in [-0.4, -0.2) is 13.4 Å². The second-order valence-corrected chi connectivity index (χ2v) is 27.4. The van der Waals surface area contributed by atoms with Crippen molar-refractivity contribution in [2.24, 2.45) is 0 Å². The molecule has 6 heteroatoms. The van der Waals surface area contributed by atoms with E-state index in [1.165, 1.54) is 110 Å². The van der Waals surface area contributed by atoms with E-state index in [1.54, 1.807) is 0 Å². The van der Waals surface area contributed by atoms with Gasteiger partial charge in [-0.2, -0.15) is 0 Å². The van der Waals surface area contributed by atoms with E-state index in [9.17, 15) is 0 Å². The number of fused-ring (bicyclic) bond motifs is 14. The molecule has 0 bridgehead atoms. The van der Waals surface area contributed by atoms with Crippen LogP contribution in [0.3, 0.4) is 0 Å². The zero-order chi connectivity index (χ0) is 66.9. The van der Waals surface area contributed by atoms with E-state index in [2.05, 4.69) is 396 Å². The van der Waals surface area contributed by atoms with Gasteiger partial charge in [0.25, 0.3) is 13.4 Å². The summed E-state index contributed by atoms with van der Waals surface area (Å²) < 4.78 is 0. The van der Waals surface area contributed by atoms with E-state index in [4.69, 9.17) is 0 Å². The van der Waals surface area contributed by atoms with Crippen molar-refractivity contribution in [3.05, 3.63) is 376 Å². The minimum absolute atomic E-state index is 0.00627. The average Bonchev–Trinajstić information content (AvgIpc) is 0.701. The fourth-order valence-corrected chi connectivity index (χ4v) is 17.6. The van der Waals surface area contributed by atoms with Gasteiger partial charge < -0.3 is 19.6 Å². The van der Waals surface area contributed by atoms with Crippen LogP contribution < -0.4 is 52.4 Å². The van der Waals surface area contributed by atoms with Gasteiger partial charge in [-0.15, -0.1) is 0 Å². The first-order valence-corrected chi connectivity index (χ1v) is 35.5. The predicted octanol–water partition coefficient (Wildman–Crippen LogP) is 21.6. The van der Waals surface area contributed by atoms with Gasteiger partial charge in [0.05, 0.1) is 0 Å². The van der Waals surface area contributed by atoms with Gasteiger partial charge >= 0.3 is 0 Å². The second-order valence-electron chi connectivity index (χ2n) is 27.4. The van der Waals surface area contributed by atoms with Gasteiger partial charge in [0, 0.05) is 68.2 Å². The number of hydrogen-bond donors (Lipinski definition) is 0. The molecule has 17 aromatic rings. The molecule has 0 saturated heterocycles. The topological polar surface area (TPSA) is 13.0 Å². The molecule has 0 spiro atoms. The highest BCUT2D eigenvalue weighted by Crippen LogP contribution is 2.51. The van der Waals surface area contributed by atoms with Gasteiger partial charge in [0.2, 0.25) is 0 Å². The van der Waals surface area contributed by atoms with E-state index >= 15 is 0 Å². The summed E-state index contributed by atoms with van der Waals surface area (Å²) in [5, 5.41) is 7.59. The molecule has 0 fully saturated rings. The van der Waals surface area contributed by atoms with Gasteiger partial charge in [-0.25, -0.2) is 0 Å². The Bertz CT molecular complexity index is 6080. The van der Waals surface area contributed by atoms with E-state index in [-0.39, 0.29) is 13.4 Å². The van der Waals surface area contributed by atoms with Crippen molar-refractivity contribution in [1.82, 2.24) is 0 Å². The Hall–Kier alpha value is -13.2. The molecule has 0 atom stereocenters. The van der Waals surface area contributed by atoms with Gasteiger partial charge in [-0.1, -0.05) is 255 Å². The van der Waals surface area contributed by atoms with Crippen molar-refractivity contribution >= 4 is 147 Å². The molecule has 4 nitrogen and oxygen atoms in total. The highest BCUT2D eigenvalue weighted by atomic mass is 15.2. The first-order valence-electron chi connectivity index (χ1n) is 35.5. The van der Waals surface area contributed by atoms with Crippen molar-refractivity contribution in [2.45, 2.75) is 0 Å². The first-order chi connectivity index (χ1) is 50.6. The third-order valence-corrected chi connectivity index (χ3v) is 21.9. The number of para-hydroxylation sites is 7. The Morgan fingerprint density at radius 1 is 0.157 bits per heavy atom. The van der Waals surface area contributed by atoms with Crippen LogP contribution in [0.4, 0.5) is 68.2 Å². The average molecular weight is 1290 g/mol. The molecule has 17 aromatic carbocycles. The van der Waals surface area contributed by atoms with E-state index in [0.29, 0.717) is 0 Å². The van der Waals surface area contributed by atoms with E-state index in [1.807, 2.05) is 0 Å². The molecule has 0 saturated carbocycles. The quantitative estimate of drug-likeness (QED) is 0.105. The molecular weight excluding hydrogens is 1230 g/mol. The number of rotatable bonds is 9. The van der Waals surface area contributed by atoms with Gasteiger partial charge in [0.1, 0.15) is 0 Å². The third kappa shape index (κ3) is 8.99. The van der Waals surface area contributed by atoms with Gasteiger partial charge in [-0.3, -0.25) is 0 Å². The molecule has 0 aliphatic carbocycles. The summed E-state index contributed by atoms with van der Waals surface area (Å²) >= 11 is 0. The molecule has 4 aliphatic heterocycles. The number of hydrogen-bond acceptors (Lipinski definition) is 4. The molecule has 21 rings (SSSR count). The lowest BCUT2D eigenvalue weighted by Crippen LogP contribution is -2.61. The maximum Gasteiger partial charge on any atom is 0.252 e. The summed E-state index contributed by atoms with van der Waals surface area (Å²) in [6.07, 6.45) is 0. The zero-order valence-corrected chi connectivity index (χ0v) is 55.7. The summed E-state index contributed by atoms with van der Waals surface area (Å²) in [5.74, 6) is 0. The smallest absolute Gasteiger partial charge is 0.252 e. The number of anilines is 12. The summed E-state index contributed by atoms with van der Waals surface area (Å²) in [7, 11) is 0. The molecule has 0 radical (unpaired) electrons. The van der Waals surface area contributed by atoms with Crippen LogP contribution in [0.25, 0.3) is 88.0 Å². The maximum absolute atomic E-state index is 2.55. The van der Waals surface area contributed by atoms with Crippen LogP contribution in [0.15, 0.2) is 376 Å². The van der Waals surface area contributed by atoms with Crippen molar-refractivity contribution < 1.29 is 0 Å².